The lowest BCUT2D eigenvalue weighted by Crippen LogP contribution is -2.49. The molecule has 3 nitrogen and oxygen atoms in total. The molecule has 16 heavy (non-hydrogen) atoms. The molecule has 0 bridgehead atoms. The number of carbonyl (C=O) groups is 1. The first kappa shape index (κ1) is 13.5. The summed E-state index contributed by atoms with van der Waals surface area (Å²) in [6.45, 7) is 6.12. The van der Waals surface area contributed by atoms with Gasteiger partial charge in [0, 0.05) is 5.41 Å². The molecule has 1 unspecified atom stereocenters. The van der Waals surface area contributed by atoms with Crippen molar-refractivity contribution in [2.75, 3.05) is 7.11 Å². The zero-order valence-electron chi connectivity index (χ0n) is 10.9. The highest BCUT2D eigenvalue weighted by molar-refractivity contribution is 5.75. The van der Waals surface area contributed by atoms with Crippen LogP contribution in [0.25, 0.3) is 0 Å². The molecule has 1 N–H and O–H groups in total. The van der Waals surface area contributed by atoms with Gasteiger partial charge < -0.3 is 9.84 Å². The summed E-state index contributed by atoms with van der Waals surface area (Å²) in [7, 11) is 1.32. The highest BCUT2D eigenvalue weighted by Gasteiger charge is 2.48. The summed E-state index contributed by atoms with van der Waals surface area (Å²) in [4.78, 5) is 11.5. The normalized spacial score (nSPS) is 22.6. The van der Waals surface area contributed by atoms with E-state index in [1.54, 1.807) is 0 Å². The van der Waals surface area contributed by atoms with Crippen molar-refractivity contribution >= 4 is 5.97 Å². The quantitative estimate of drug-likeness (QED) is 0.755. The molecule has 1 saturated carbocycles. The molecule has 0 aromatic rings. The van der Waals surface area contributed by atoms with Gasteiger partial charge in [-0.1, -0.05) is 40.0 Å². The van der Waals surface area contributed by atoms with Crippen LogP contribution in [0.15, 0.2) is 0 Å². The van der Waals surface area contributed by atoms with Gasteiger partial charge in [0.1, 0.15) is 0 Å². The van der Waals surface area contributed by atoms with Gasteiger partial charge in [-0.2, -0.15) is 0 Å². The van der Waals surface area contributed by atoms with E-state index in [-0.39, 0.29) is 5.41 Å². The Morgan fingerprint density at radius 1 is 1.31 bits per heavy atom. The van der Waals surface area contributed by atoms with Crippen LogP contribution in [0.2, 0.25) is 0 Å². The average Bonchev–Trinajstić information content (AvgIpc) is 2.27. The number of aliphatic hydroxyl groups excluding tert-OH is 1. The Kier molecular flexibility index (Phi) is 4.00. The molecule has 1 aliphatic rings. The fourth-order valence-electron chi connectivity index (χ4n) is 2.71. The first-order valence-corrected chi connectivity index (χ1v) is 6.11. The van der Waals surface area contributed by atoms with Gasteiger partial charge in [0.05, 0.1) is 7.11 Å². The van der Waals surface area contributed by atoms with Gasteiger partial charge in [0.15, 0.2) is 6.10 Å². The highest BCUT2D eigenvalue weighted by Crippen LogP contribution is 2.51. The van der Waals surface area contributed by atoms with Crippen molar-refractivity contribution in [3.05, 3.63) is 0 Å². The van der Waals surface area contributed by atoms with Crippen LogP contribution in [-0.4, -0.2) is 24.3 Å². The SMILES string of the molecule is COC(=O)C(O)C(C)(C)C1(C)CCCCC1. The van der Waals surface area contributed by atoms with Crippen LogP contribution >= 0.6 is 0 Å². The predicted octanol–water partition coefficient (Wildman–Crippen LogP) is 2.52. The lowest BCUT2D eigenvalue weighted by Gasteiger charge is -2.48. The van der Waals surface area contributed by atoms with E-state index in [1.807, 2.05) is 13.8 Å². The third-order valence-corrected chi connectivity index (χ3v) is 4.62. The van der Waals surface area contributed by atoms with Crippen LogP contribution in [0.5, 0.6) is 0 Å². The highest BCUT2D eigenvalue weighted by atomic mass is 16.5. The first-order valence-electron chi connectivity index (χ1n) is 6.11. The van der Waals surface area contributed by atoms with E-state index in [9.17, 15) is 9.90 Å². The second-order valence-corrected chi connectivity index (χ2v) is 5.77. The number of ether oxygens (including phenoxy) is 1. The van der Waals surface area contributed by atoms with Gasteiger partial charge in [-0.15, -0.1) is 0 Å². The maximum atomic E-state index is 11.5. The fourth-order valence-corrected chi connectivity index (χ4v) is 2.71. The van der Waals surface area contributed by atoms with Gasteiger partial charge in [-0.05, 0) is 18.3 Å². The van der Waals surface area contributed by atoms with Gasteiger partial charge >= 0.3 is 5.97 Å². The van der Waals surface area contributed by atoms with Gasteiger partial charge in [-0.3, -0.25) is 0 Å². The third kappa shape index (κ3) is 2.24. The molecule has 94 valence electrons. The van der Waals surface area contributed by atoms with Crippen molar-refractivity contribution in [2.45, 2.75) is 59.0 Å². The second-order valence-electron chi connectivity index (χ2n) is 5.77. The monoisotopic (exact) mass is 228 g/mol. The molecule has 0 aromatic heterocycles. The molecule has 1 rings (SSSR count). The molecule has 0 radical (unpaired) electrons. The minimum Gasteiger partial charge on any atom is -0.467 e. The fraction of sp³-hybridized carbons (Fsp3) is 0.923. The summed E-state index contributed by atoms with van der Waals surface area (Å²) >= 11 is 0. The Labute approximate surface area is 98.2 Å². The van der Waals surface area contributed by atoms with Gasteiger partial charge in [0.2, 0.25) is 0 Å². The summed E-state index contributed by atoms with van der Waals surface area (Å²) in [6.07, 6.45) is 4.77. The lowest BCUT2D eigenvalue weighted by molar-refractivity contribution is -0.165. The molecule has 0 spiro atoms. The van der Waals surface area contributed by atoms with E-state index in [2.05, 4.69) is 11.7 Å². The Bertz CT molecular complexity index is 252. The second kappa shape index (κ2) is 4.74. The minimum atomic E-state index is -1.03. The Balaban J connectivity index is 2.85. The summed E-state index contributed by atoms with van der Waals surface area (Å²) in [6, 6.07) is 0. The molecule has 0 aliphatic heterocycles. The van der Waals surface area contributed by atoms with Crippen molar-refractivity contribution in [3.63, 3.8) is 0 Å². The molecule has 0 amide bonds. The molecule has 3 heteroatoms. The Morgan fingerprint density at radius 3 is 2.25 bits per heavy atom. The van der Waals surface area contributed by atoms with Crippen LogP contribution in [0.3, 0.4) is 0 Å². The summed E-state index contributed by atoms with van der Waals surface area (Å²) in [5, 5.41) is 10.1. The maximum Gasteiger partial charge on any atom is 0.335 e. The topological polar surface area (TPSA) is 46.5 Å². The average molecular weight is 228 g/mol. The predicted molar refractivity (Wildman–Crippen MR) is 63.0 cm³/mol. The van der Waals surface area contributed by atoms with Crippen LogP contribution in [-0.2, 0) is 9.53 Å². The smallest absolute Gasteiger partial charge is 0.335 e. The van der Waals surface area contributed by atoms with E-state index in [0.29, 0.717) is 0 Å². The Morgan fingerprint density at radius 2 is 1.81 bits per heavy atom. The number of methoxy groups -OCH3 is 1. The summed E-state index contributed by atoms with van der Waals surface area (Å²) in [5.41, 5.74) is -0.403. The van der Waals surface area contributed by atoms with Crippen LogP contribution < -0.4 is 0 Å². The van der Waals surface area contributed by atoms with E-state index < -0.39 is 17.5 Å². The molecule has 0 heterocycles. The lowest BCUT2D eigenvalue weighted by atomic mass is 9.57. The van der Waals surface area contributed by atoms with Crippen molar-refractivity contribution in [3.8, 4) is 0 Å². The molecule has 1 atom stereocenters. The van der Waals surface area contributed by atoms with Gasteiger partial charge in [0.25, 0.3) is 0 Å². The summed E-state index contributed by atoms with van der Waals surface area (Å²) in [5.74, 6) is -0.517. The van der Waals surface area contributed by atoms with E-state index in [0.717, 1.165) is 12.8 Å². The largest absolute Gasteiger partial charge is 0.467 e. The van der Waals surface area contributed by atoms with Crippen LogP contribution in [0.1, 0.15) is 52.9 Å². The molecular formula is C13H24O3. The van der Waals surface area contributed by atoms with E-state index >= 15 is 0 Å². The van der Waals surface area contributed by atoms with Crippen LogP contribution in [0, 0.1) is 10.8 Å². The number of esters is 1. The molecule has 1 fully saturated rings. The molecule has 1 aliphatic carbocycles. The summed E-state index contributed by atoms with van der Waals surface area (Å²) < 4.78 is 4.65. The molecule has 0 aromatic carbocycles. The number of hydrogen-bond donors (Lipinski definition) is 1. The number of aliphatic hydroxyl groups is 1. The van der Waals surface area contributed by atoms with Crippen molar-refractivity contribution in [2.24, 2.45) is 10.8 Å². The number of hydrogen-bond acceptors (Lipinski definition) is 3. The Hall–Kier alpha value is -0.570. The van der Waals surface area contributed by atoms with E-state index in [4.69, 9.17) is 0 Å². The number of rotatable bonds is 3. The molecule has 0 saturated heterocycles. The number of carbonyl (C=O) groups excluding carboxylic acids is 1. The third-order valence-electron chi connectivity index (χ3n) is 4.62. The maximum absolute atomic E-state index is 11.5. The van der Waals surface area contributed by atoms with E-state index in [1.165, 1.54) is 26.4 Å². The standard InChI is InChI=1S/C13H24O3/c1-12(2,10(14)11(15)16-4)13(3)8-6-5-7-9-13/h10,14H,5-9H2,1-4H3. The zero-order chi connectivity index (χ0) is 12.4. The molecular weight excluding hydrogens is 204 g/mol. The van der Waals surface area contributed by atoms with Crippen molar-refractivity contribution in [1.82, 2.24) is 0 Å². The van der Waals surface area contributed by atoms with Crippen molar-refractivity contribution in [1.29, 1.82) is 0 Å². The first-order chi connectivity index (χ1) is 7.35. The van der Waals surface area contributed by atoms with Gasteiger partial charge in [-0.25, -0.2) is 4.79 Å². The minimum absolute atomic E-state index is 0.0266. The zero-order valence-corrected chi connectivity index (χ0v) is 10.9. The van der Waals surface area contributed by atoms with Crippen molar-refractivity contribution < 1.29 is 14.6 Å². The van der Waals surface area contributed by atoms with Crippen LogP contribution in [0.4, 0.5) is 0 Å².